The number of nitriles is 1. The van der Waals surface area contributed by atoms with Crippen LogP contribution in [0.4, 0.5) is 5.69 Å². The Morgan fingerprint density at radius 3 is 2.42 bits per heavy atom. The van der Waals surface area contributed by atoms with Crippen molar-refractivity contribution in [1.29, 1.82) is 5.26 Å². The summed E-state index contributed by atoms with van der Waals surface area (Å²) >= 11 is 0. The van der Waals surface area contributed by atoms with Crippen LogP contribution in [0.25, 0.3) is 0 Å². The first-order valence-electron chi connectivity index (χ1n) is 8.12. The predicted octanol–water partition coefficient (Wildman–Crippen LogP) is 2.29. The van der Waals surface area contributed by atoms with Crippen molar-refractivity contribution in [3.8, 4) is 6.07 Å². The van der Waals surface area contributed by atoms with Gasteiger partial charge in [0.25, 0.3) is 0 Å². The van der Waals surface area contributed by atoms with Crippen LogP contribution in [-0.4, -0.2) is 37.5 Å². The van der Waals surface area contributed by atoms with Gasteiger partial charge in [-0.2, -0.15) is 9.57 Å². The van der Waals surface area contributed by atoms with Gasteiger partial charge >= 0.3 is 0 Å². The molecular formula is C17H23N3O3S. The molecule has 0 bridgehead atoms. The summed E-state index contributed by atoms with van der Waals surface area (Å²) in [6, 6.07) is 8.96. The van der Waals surface area contributed by atoms with Crippen LogP contribution in [0.1, 0.15) is 37.7 Å². The number of anilines is 1. The van der Waals surface area contributed by atoms with Crippen molar-refractivity contribution in [1.82, 2.24) is 4.31 Å². The zero-order chi connectivity index (χ0) is 17.6. The van der Waals surface area contributed by atoms with Gasteiger partial charge in [-0.05, 0) is 30.5 Å². The van der Waals surface area contributed by atoms with Crippen molar-refractivity contribution in [3.63, 3.8) is 0 Å². The second-order valence-corrected chi connectivity index (χ2v) is 8.12. The van der Waals surface area contributed by atoms with Gasteiger partial charge in [-0.3, -0.25) is 4.79 Å². The minimum Gasteiger partial charge on any atom is -0.325 e. The van der Waals surface area contributed by atoms with Crippen LogP contribution in [0, 0.1) is 11.3 Å². The lowest BCUT2D eigenvalue weighted by Gasteiger charge is -2.31. The number of amides is 1. The van der Waals surface area contributed by atoms with Gasteiger partial charge in [-0.15, -0.1) is 0 Å². The van der Waals surface area contributed by atoms with Crippen LogP contribution in [0.5, 0.6) is 0 Å². The molecule has 0 spiro atoms. The molecule has 1 aromatic carbocycles. The zero-order valence-electron chi connectivity index (χ0n) is 13.9. The quantitative estimate of drug-likeness (QED) is 0.853. The number of nitrogens with one attached hydrogen (secondary N) is 1. The molecule has 0 radical (unpaired) electrons. The Morgan fingerprint density at radius 2 is 1.88 bits per heavy atom. The van der Waals surface area contributed by atoms with E-state index in [1.165, 1.54) is 4.31 Å². The number of sulfonamides is 1. The maximum atomic E-state index is 12.3. The third-order valence-corrected chi connectivity index (χ3v) is 5.51. The van der Waals surface area contributed by atoms with Crippen LogP contribution in [-0.2, 0) is 21.2 Å². The number of carbonyl (C=O) groups is 1. The number of carbonyl (C=O) groups excluding carboxylic acids is 1. The first-order valence-corrected chi connectivity index (χ1v) is 9.97. The van der Waals surface area contributed by atoms with Gasteiger partial charge in [0.2, 0.25) is 15.9 Å². The van der Waals surface area contributed by atoms with E-state index in [0.29, 0.717) is 12.1 Å². The van der Waals surface area contributed by atoms with Gasteiger partial charge in [0.05, 0.1) is 25.3 Å². The fourth-order valence-electron chi connectivity index (χ4n) is 3.03. The van der Waals surface area contributed by atoms with Crippen molar-refractivity contribution in [2.45, 2.75) is 44.6 Å². The summed E-state index contributed by atoms with van der Waals surface area (Å²) in [7, 11) is -3.43. The largest absolute Gasteiger partial charge is 0.325 e. The van der Waals surface area contributed by atoms with E-state index in [2.05, 4.69) is 11.4 Å². The molecule has 0 saturated heterocycles. The Hall–Kier alpha value is -1.91. The highest BCUT2D eigenvalue weighted by Crippen LogP contribution is 2.24. The number of hydrogen-bond donors (Lipinski definition) is 1. The zero-order valence-corrected chi connectivity index (χ0v) is 14.7. The van der Waals surface area contributed by atoms with Crippen LogP contribution in [0.2, 0.25) is 0 Å². The van der Waals surface area contributed by atoms with Crippen molar-refractivity contribution in [3.05, 3.63) is 29.8 Å². The molecule has 1 saturated carbocycles. The molecule has 1 amide bonds. The minimum atomic E-state index is -3.43. The van der Waals surface area contributed by atoms with E-state index in [0.717, 1.165) is 43.9 Å². The van der Waals surface area contributed by atoms with Crippen molar-refractivity contribution in [2.75, 3.05) is 18.1 Å². The van der Waals surface area contributed by atoms with Gasteiger partial charge in [0.15, 0.2) is 0 Å². The SMILES string of the molecule is CS(=O)(=O)N(CC(=O)Nc1ccc(CC#N)cc1)C1CCCCC1. The normalized spacial score (nSPS) is 15.9. The van der Waals surface area contributed by atoms with Crippen molar-refractivity contribution >= 4 is 21.6 Å². The van der Waals surface area contributed by atoms with E-state index in [-0.39, 0.29) is 18.5 Å². The molecule has 2 rings (SSSR count). The molecule has 0 unspecified atom stereocenters. The third kappa shape index (κ3) is 5.32. The molecule has 1 N–H and O–H groups in total. The molecule has 7 heteroatoms. The summed E-state index contributed by atoms with van der Waals surface area (Å²) in [5.74, 6) is -0.348. The molecular weight excluding hydrogens is 326 g/mol. The van der Waals surface area contributed by atoms with Crippen molar-refractivity contribution < 1.29 is 13.2 Å². The van der Waals surface area contributed by atoms with Crippen LogP contribution >= 0.6 is 0 Å². The lowest BCUT2D eigenvalue weighted by molar-refractivity contribution is -0.116. The lowest BCUT2D eigenvalue weighted by Crippen LogP contribution is -2.45. The van der Waals surface area contributed by atoms with Crippen LogP contribution < -0.4 is 5.32 Å². The highest BCUT2D eigenvalue weighted by Gasteiger charge is 2.29. The third-order valence-electron chi connectivity index (χ3n) is 4.23. The molecule has 0 aliphatic heterocycles. The Bertz CT molecular complexity index is 702. The van der Waals surface area contributed by atoms with E-state index in [9.17, 15) is 13.2 Å². The summed E-state index contributed by atoms with van der Waals surface area (Å²) in [4.78, 5) is 12.3. The van der Waals surface area contributed by atoms with Crippen LogP contribution in [0.3, 0.4) is 0 Å². The van der Waals surface area contributed by atoms with Gasteiger partial charge < -0.3 is 5.32 Å². The van der Waals surface area contributed by atoms with Crippen LogP contribution in [0.15, 0.2) is 24.3 Å². The second kappa shape index (κ2) is 8.27. The summed E-state index contributed by atoms with van der Waals surface area (Å²) < 4.78 is 25.4. The molecule has 24 heavy (non-hydrogen) atoms. The van der Waals surface area contributed by atoms with E-state index < -0.39 is 10.0 Å². The molecule has 1 fully saturated rings. The highest BCUT2D eigenvalue weighted by atomic mass is 32.2. The highest BCUT2D eigenvalue weighted by molar-refractivity contribution is 7.88. The lowest BCUT2D eigenvalue weighted by atomic mass is 9.95. The summed E-state index contributed by atoms with van der Waals surface area (Å²) in [5.41, 5.74) is 1.47. The molecule has 1 aliphatic carbocycles. The van der Waals surface area contributed by atoms with E-state index >= 15 is 0 Å². The van der Waals surface area contributed by atoms with Crippen molar-refractivity contribution in [2.24, 2.45) is 0 Å². The van der Waals surface area contributed by atoms with Gasteiger partial charge in [-0.25, -0.2) is 8.42 Å². The maximum absolute atomic E-state index is 12.3. The first-order chi connectivity index (χ1) is 11.4. The smallest absolute Gasteiger partial charge is 0.239 e. The summed E-state index contributed by atoms with van der Waals surface area (Å²) in [6.45, 7) is -0.163. The fraction of sp³-hybridized carbons (Fsp3) is 0.529. The topological polar surface area (TPSA) is 90.3 Å². The first kappa shape index (κ1) is 18.4. The van der Waals surface area contributed by atoms with Gasteiger partial charge in [0.1, 0.15) is 0 Å². The predicted molar refractivity (Wildman–Crippen MR) is 92.8 cm³/mol. The van der Waals surface area contributed by atoms with E-state index in [4.69, 9.17) is 5.26 Å². The summed E-state index contributed by atoms with van der Waals surface area (Å²) in [6.07, 6.45) is 6.21. The molecule has 0 atom stereocenters. The van der Waals surface area contributed by atoms with E-state index in [1.807, 2.05) is 0 Å². The Labute approximate surface area is 143 Å². The van der Waals surface area contributed by atoms with Gasteiger partial charge in [-0.1, -0.05) is 31.4 Å². The minimum absolute atomic E-state index is 0.0856. The Morgan fingerprint density at radius 1 is 1.25 bits per heavy atom. The van der Waals surface area contributed by atoms with Gasteiger partial charge in [0, 0.05) is 11.7 Å². The number of hydrogen-bond acceptors (Lipinski definition) is 4. The second-order valence-electron chi connectivity index (χ2n) is 6.18. The molecule has 1 aliphatic rings. The standard InChI is InChI=1S/C17H23N3O3S/c1-24(22,23)20(16-5-3-2-4-6-16)13-17(21)19-15-9-7-14(8-10-15)11-12-18/h7-10,16H,2-6,11,13H2,1H3,(H,19,21). The average Bonchev–Trinajstić information content (AvgIpc) is 2.54. The maximum Gasteiger partial charge on any atom is 0.239 e. The molecule has 0 heterocycles. The number of rotatable bonds is 6. The number of nitrogens with zero attached hydrogens (tertiary/aromatic N) is 2. The Kier molecular flexibility index (Phi) is 6.35. The van der Waals surface area contributed by atoms with E-state index in [1.54, 1.807) is 24.3 Å². The molecule has 0 aromatic heterocycles. The number of benzene rings is 1. The average molecular weight is 349 g/mol. The molecule has 1 aromatic rings. The molecule has 6 nitrogen and oxygen atoms in total. The fourth-order valence-corrected chi connectivity index (χ4v) is 4.13. The summed E-state index contributed by atoms with van der Waals surface area (Å²) in [5, 5.41) is 11.4. The Balaban J connectivity index is 2.01. The monoisotopic (exact) mass is 349 g/mol. The molecule has 130 valence electrons.